The van der Waals surface area contributed by atoms with Crippen molar-refractivity contribution in [2.24, 2.45) is 0 Å². The number of nitrogens with zero attached hydrogens (tertiary/aromatic N) is 3. The first-order valence-electron chi connectivity index (χ1n) is 5.86. The summed E-state index contributed by atoms with van der Waals surface area (Å²) in [6, 6.07) is 3.43. The molecular weight excluding hydrogens is 302 g/mol. The maximum absolute atomic E-state index is 12.3. The average molecular weight is 315 g/mol. The van der Waals surface area contributed by atoms with Gasteiger partial charge in [-0.05, 0) is 11.4 Å². The Bertz CT molecular complexity index is 614. The largest absolute Gasteiger partial charge is 0.345 e. The van der Waals surface area contributed by atoms with E-state index in [2.05, 4.69) is 9.88 Å². The van der Waals surface area contributed by atoms with Gasteiger partial charge in [0.25, 0.3) is 10.0 Å². The normalized spacial score (nSPS) is 17.8. The summed E-state index contributed by atoms with van der Waals surface area (Å²) in [5, 5.41) is 4.69. The molecule has 0 aliphatic carbocycles. The minimum atomic E-state index is -3.30. The van der Waals surface area contributed by atoms with Gasteiger partial charge in [0.1, 0.15) is 4.21 Å². The Hall–Kier alpha value is -0.960. The van der Waals surface area contributed by atoms with Crippen LogP contribution in [0.5, 0.6) is 0 Å². The molecule has 0 unspecified atom stereocenters. The molecule has 1 aliphatic heterocycles. The van der Waals surface area contributed by atoms with E-state index in [1.165, 1.54) is 11.3 Å². The van der Waals surface area contributed by atoms with Crippen LogP contribution < -0.4 is 4.90 Å². The zero-order chi connectivity index (χ0) is 13.3. The lowest BCUT2D eigenvalue weighted by atomic mass is 10.4. The lowest BCUT2D eigenvalue weighted by Crippen LogP contribution is -2.48. The van der Waals surface area contributed by atoms with Crippen LogP contribution >= 0.6 is 22.7 Å². The molecule has 5 nitrogen and oxygen atoms in total. The number of piperazine rings is 1. The molecule has 1 fully saturated rings. The first kappa shape index (κ1) is 13.0. The van der Waals surface area contributed by atoms with E-state index in [0.29, 0.717) is 30.4 Å². The fourth-order valence-electron chi connectivity index (χ4n) is 2.03. The van der Waals surface area contributed by atoms with Gasteiger partial charge >= 0.3 is 0 Å². The van der Waals surface area contributed by atoms with E-state index in [1.54, 1.807) is 39.4 Å². The Kier molecular flexibility index (Phi) is 3.57. The third kappa shape index (κ3) is 2.53. The summed E-state index contributed by atoms with van der Waals surface area (Å²) in [5.41, 5.74) is 0. The van der Waals surface area contributed by atoms with Gasteiger partial charge in [-0.15, -0.1) is 22.7 Å². The van der Waals surface area contributed by atoms with Crippen LogP contribution in [0.2, 0.25) is 0 Å². The molecule has 3 rings (SSSR count). The van der Waals surface area contributed by atoms with Crippen molar-refractivity contribution in [2.45, 2.75) is 4.21 Å². The predicted octanol–water partition coefficient (Wildman–Crippen LogP) is 1.72. The molecular formula is C11H13N3O2S3. The van der Waals surface area contributed by atoms with E-state index in [4.69, 9.17) is 0 Å². The molecule has 0 amide bonds. The molecule has 0 bridgehead atoms. The van der Waals surface area contributed by atoms with Gasteiger partial charge in [0.05, 0.1) is 0 Å². The van der Waals surface area contributed by atoms with Gasteiger partial charge in [0.2, 0.25) is 0 Å². The Morgan fingerprint density at radius 3 is 2.47 bits per heavy atom. The topological polar surface area (TPSA) is 53.5 Å². The van der Waals surface area contributed by atoms with Gasteiger partial charge in [-0.1, -0.05) is 6.07 Å². The lowest BCUT2D eigenvalue weighted by Gasteiger charge is -2.33. The maximum atomic E-state index is 12.3. The van der Waals surface area contributed by atoms with Crippen LogP contribution in [0.15, 0.2) is 33.3 Å². The number of hydrogen-bond acceptors (Lipinski definition) is 6. The van der Waals surface area contributed by atoms with Gasteiger partial charge in [0, 0.05) is 37.8 Å². The number of aromatic nitrogens is 1. The summed E-state index contributed by atoms with van der Waals surface area (Å²) in [4.78, 5) is 6.39. The zero-order valence-corrected chi connectivity index (χ0v) is 12.5. The molecule has 0 saturated carbocycles. The summed E-state index contributed by atoms with van der Waals surface area (Å²) in [5.74, 6) is 0. The van der Waals surface area contributed by atoms with Crippen molar-refractivity contribution in [3.63, 3.8) is 0 Å². The van der Waals surface area contributed by atoms with Crippen molar-refractivity contribution < 1.29 is 8.42 Å². The predicted molar refractivity (Wildman–Crippen MR) is 77.4 cm³/mol. The number of thiazole rings is 1. The third-order valence-electron chi connectivity index (χ3n) is 3.02. The van der Waals surface area contributed by atoms with E-state index >= 15 is 0 Å². The van der Waals surface area contributed by atoms with Gasteiger partial charge in [-0.3, -0.25) is 0 Å². The molecule has 0 atom stereocenters. The molecule has 0 radical (unpaired) electrons. The number of thiophene rings is 1. The second-order valence-electron chi connectivity index (χ2n) is 4.14. The highest BCUT2D eigenvalue weighted by atomic mass is 32.2. The van der Waals surface area contributed by atoms with Crippen molar-refractivity contribution in [1.29, 1.82) is 0 Å². The maximum Gasteiger partial charge on any atom is 0.252 e. The molecule has 0 spiro atoms. The number of sulfonamides is 1. The van der Waals surface area contributed by atoms with E-state index in [-0.39, 0.29) is 0 Å². The van der Waals surface area contributed by atoms with Crippen molar-refractivity contribution in [3.05, 3.63) is 29.1 Å². The lowest BCUT2D eigenvalue weighted by molar-refractivity contribution is 0.385. The van der Waals surface area contributed by atoms with Crippen molar-refractivity contribution in [3.8, 4) is 0 Å². The Labute approximate surface area is 120 Å². The monoisotopic (exact) mass is 315 g/mol. The molecule has 0 aromatic carbocycles. The van der Waals surface area contributed by atoms with Gasteiger partial charge < -0.3 is 4.90 Å². The number of hydrogen-bond donors (Lipinski definition) is 0. The summed E-state index contributed by atoms with van der Waals surface area (Å²) < 4.78 is 26.7. The van der Waals surface area contributed by atoms with E-state index in [1.807, 2.05) is 5.38 Å². The standard InChI is InChI=1S/C11H13N3O2S3/c15-19(16,10-2-1-8-17-10)14-6-4-13(5-7-14)11-12-3-9-18-11/h1-3,8-9H,4-7H2. The van der Waals surface area contributed by atoms with Gasteiger partial charge in [0.15, 0.2) is 5.13 Å². The summed E-state index contributed by atoms with van der Waals surface area (Å²) >= 11 is 2.85. The molecule has 8 heteroatoms. The van der Waals surface area contributed by atoms with Crippen LogP contribution in [-0.2, 0) is 10.0 Å². The van der Waals surface area contributed by atoms with E-state index in [9.17, 15) is 8.42 Å². The third-order valence-corrected chi connectivity index (χ3v) is 7.12. The first-order chi connectivity index (χ1) is 9.18. The molecule has 19 heavy (non-hydrogen) atoms. The Morgan fingerprint density at radius 2 is 1.89 bits per heavy atom. The van der Waals surface area contributed by atoms with E-state index in [0.717, 1.165) is 5.13 Å². The quantitative estimate of drug-likeness (QED) is 0.865. The van der Waals surface area contributed by atoms with Crippen LogP contribution in [0.4, 0.5) is 5.13 Å². The molecule has 102 valence electrons. The molecule has 1 saturated heterocycles. The smallest absolute Gasteiger partial charge is 0.252 e. The van der Waals surface area contributed by atoms with E-state index < -0.39 is 10.0 Å². The van der Waals surface area contributed by atoms with Crippen LogP contribution in [-0.4, -0.2) is 43.9 Å². The highest BCUT2D eigenvalue weighted by Crippen LogP contribution is 2.24. The second-order valence-corrected chi connectivity index (χ2v) is 8.12. The minimum absolute atomic E-state index is 0.426. The summed E-state index contributed by atoms with van der Waals surface area (Å²) in [7, 11) is -3.30. The molecule has 2 aromatic heterocycles. The molecule has 3 heterocycles. The van der Waals surface area contributed by atoms with Crippen molar-refractivity contribution in [2.75, 3.05) is 31.1 Å². The number of rotatable bonds is 3. The second kappa shape index (κ2) is 5.20. The molecule has 2 aromatic rings. The highest BCUT2D eigenvalue weighted by molar-refractivity contribution is 7.91. The van der Waals surface area contributed by atoms with Crippen molar-refractivity contribution >= 4 is 37.8 Å². The minimum Gasteiger partial charge on any atom is -0.345 e. The van der Waals surface area contributed by atoms with Crippen LogP contribution in [0.25, 0.3) is 0 Å². The SMILES string of the molecule is O=S(=O)(c1cccs1)N1CCN(c2nccs2)CC1. The van der Waals surface area contributed by atoms with Crippen molar-refractivity contribution in [1.82, 2.24) is 9.29 Å². The Balaban J connectivity index is 1.71. The van der Waals surface area contributed by atoms with Gasteiger partial charge in [-0.2, -0.15) is 4.31 Å². The van der Waals surface area contributed by atoms with Crippen LogP contribution in [0.1, 0.15) is 0 Å². The summed E-state index contributed by atoms with van der Waals surface area (Å²) in [6.07, 6.45) is 1.77. The molecule has 0 N–H and O–H groups in total. The first-order valence-corrected chi connectivity index (χ1v) is 9.06. The molecule has 1 aliphatic rings. The Morgan fingerprint density at radius 1 is 1.11 bits per heavy atom. The summed E-state index contributed by atoms with van der Waals surface area (Å²) in [6.45, 7) is 2.41. The number of anilines is 1. The van der Waals surface area contributed by atoms with Crippen LogP contribution in [0.3, 0.4) is 0 Å². The fourth-order valence-corrected chi connectivity index (χ4v) is 5.29. The fraction of sp³-hybridized carbons (Fsp3) is 0.364. The highest BCUT2D eigenvalue weighted by Gasteiger charge is 2.29. The van der Waals surface area contributed by atoms with Gasteiger partial charge in [-0.25, -0.2) is 13.4 Å². The average Bonchev–Trinajstić information content (AvgIpc) is 3.12. The van der Waals surface area contributed by atoms with Crippen LogP contribution in [0, 0.1) is 0 Å². The zero-order valence-electron chi connectivity index (χ0n) is 10.1.